The van der Waals surface area contributed by atoms with Crippen molar-refractivity contribution in [1.29, 1.82) is 0 Å². The Bertz CT molecular complexity index is 656. The van der Waals surface area contributed by atoms with E-state index in [9.17, 15) is 4.79 Å². The molecule has 2 heterocycles. The summed E-state index contributed by atoms with van der Waals surface area (Å²) in [6.45, 7) is 1.89. The number of hydrogen-bond acceptors (Lipinski definition) is 5. The number of rotatable bonds is 2. The molecule has 6 heteroatoms. The fourth-order valence-electron chi connectivity index (χ4n) is 3.53. The molecule has 0 saturated heterocycles. The van der Waals surface area contributed by atoms with Crippen LogP contribution in [0.1, 0.15) is 42.5 Å². The Morgan fingerprint density at radius 2 is 1.92 bits per heavy atom. The van der Waals surface area contributed by atoms with Gasteiger partial charge in [-0.2, -0.15) is 0 Å². The van der Waals surface area contributed by atoms with E-state index in [0.29, 0.717) is 24.5 Å². The number of ether oxygens (including phenoxy) is 2. The highest BCUT2D eigenvalue weighted by Crippen LogP contribution is 2.33. The minimum Gasteiger partial charge on any atom is -0.486 e. The molecule has 0 radical (unpaired) electrons. The first-order valence-corrected chi connectivity index (χ1v) is 9.72. The van der Waals surface area contributed by atoms with Crippen LogP contribution in [0.2, 0.25) is 0 Å². The molecule has 0 bridgehead atoms. The zero-order chi connectivity index (χ0) is 16.4. The summed E-state index contributed by atoms with van der Waals surface area (Å²) in [5.41, 5.74) is 0.653. The molecule has 1 aromatic rings. The van der Waals surface area contributed by atoms with E-state index in [1.165, 1.54) is 19.3 Å². The zero-order valence-electron chi connectivity index (χ0n) is 13.7. The van der Waals surface area contributed by atoms with Crippen LogP contribution < -0.4 is 9.47 Å². The Morgan fingerprint density at radius 3 is 2.67 bits per heavy atom. The molecule has 1 amide bonds. The largest absolute Gasteiger partial charge is 0.486 e. The minimum atomic E-state index is 0.0343. The number of amides is 1. The number of hydrogen-bond donors (Lipinski definition) is 0. The Kier molecular flexibility index (Phi) is 4.65. The Labute approximate surface area is 146 Å². The molecule has 1 aromatic carbocycles. The van der Waals surface area contributed by atoms with Crippen molar-refractivity contribution in [1.82, 2.24) is 4.90 Å². The van der Waals surface area contributed by atoms with Crippen LogP contribution in [0.15, 0.2) is 23.2 Å². The Balaban J connectivity index is 1.63. The van der Waals surface area contributed by atoms with Crippen molar-refractivity contribution in [2.75, 3.05) is 25.5 Å². The summed E-state index contributed by atoms with van der Waals surface area (Å²) in [4.78, 5) is 19.8. The normalized spacial score (nSPS) is 20.6. The summed E-state index contributed by atoms with van der Waals surface area (Å²) < 4.78 is 11.2. The molecule has 5 nitrogen and oxygen atoms in total. The van der Waals surface area contributed by atoms with Crippen LogP contribution in [-0.4, -0.2) is 47.5 Å². The summed E-state index contributed by atoms with van der Waals surface area (Å²) in [5.74, 6) is 2.38. The second-order valence-corrected chi connectivity index (χ2v) is 7.40. The maximum Gasteiger partial charge on any atom is 0.260 e. The van der Waals surface area contributed by atoms with Crippen molar-refractivity contribution < 1.29 is 14.3 Å². The van der Waals surface area contributed by atoms with E-state index in [2.05, 4.69) is 4.99 Å². The molecule has 24 heavy (non-hydrogen) atoms. The molecular weight excluding hydrogens is 324 g/mol. The highest BCUT2D eigenvalue weighted by atomic mass is 32.2. The van der Waals surface area contributed by atoms with Gasteiger partial charge in [0.1, 0.15) is 13.2 Å². The van der Waals surface area contributed by atoms with Gasteiger partial charge < -0.3 is 9.47 Å². The lowest BCUT2D eigenvalue weighted by molar-refractivity contribution is 0.0780. The van der Waals surface area contributed by atoms with Crippen molar-refractivity contribution in [3.63, 3.8) is 0 Å². The summed E-state index contributed by atoms with van der Waals surface area (Å²) in [6.07, 6.45) is 5.77. The van der Waals surface area contributed by atoms with Crippen molar-refractivity contribution in [2.45, 2.75) is 38.1 Å². The van der Waals surface area contributed by atoms with Crippen molar-refractivity contribution in [3.8, 4) is 11.5 Å². The van der Waals surface area contributed by atoms with Crippen molar-refractivity contribution >= 4 is 22.8 Å². The van der Waals surface area contributed by atoms with Crippen LogP contribution in [0.5, 0.6) is 11.5 Å². The molecule has 3 aliphatic rings. The first kappa shape index (κ1) is 15.8. The summed E-state index contributed by atoms with van der Waals surface area (Å²) in [6, 6.07) is 5.76. The Hall–Kier alpha value is -1.69. The van der Waals surface area contributed by atoms with Gasteiger partial charge in [0.2, 0.25) is 0 Å². The molecule has 1 aliphatic carbocycles. The minimum absolute atomic E-state index is 0.0343. The Morgan fingerprint density at radius 1 is 1.12 bits per heavy atom. The van der Waals surface area contributed by atoms with Gasteiger partial charge in [0.25, 0.3) is 5.91 Å². The lowest BCUT2D eigenvalue weighted by atomic mass is 9.94. The van der Waals surface area contributed by atoms with E-state index in [4.69, 9.17) is 9.47 Å². The van der Waals surface area contributed by atoms with Gasteiger partial charge in [-0.15, -0.1) is 0 Å². The van der Waals surface area contributed by atoms with Gasteiger partial charge in [0, 0.05) is 17.4 Å². The fraction of sp³-hybridized carbons (Fsp3) is 0.556. The summed E-state index contributed by atoms with van der Waals surface area (Å²) in [5, 5.41) is 0.891. The van der Waals surface area contributed by atoms with Gasteiger partial charge in [-0.05, 0) is 31.0 Å². The maximum atomic E-state index is 13.3. The van der Waals surface area contributed by atoms with Crippen LogP contribution in [0.4, 0.5) is 0 Å². The number of thioether (sulfide) groups is 1. The number of amidine groups is 1. The monoisotopic (exact) mass is 346 g/mol. The van der Waals surface area contributed by atoms with Crippen LogP contribution in [-0.2, 0) is 0 Å². The highest BCUT2D eigenvalue weighted by Gasteiger charge is 2.32. The maximum absolute atomic E-state index is 13.3. The smallest absolute Gasteiger partial charge is 0.260 e. The van der Waals surface area contributed by atoms with Crippen molar-refractivity contribution in [2.24, 2.45) is 4.99 Å². The molecule has 1 fully saturated rings. The number of carbonyl (C=O) groups is 1. The summed E-state index contributed by atoms with van der Waals surface area (Å²) >= 11 is 1.70. The van der Waals surface area contributed by atoms with Gasteiger partial charge in [0.15, 0.2) is 16.7 Å². The zero-order valence-corrected chi connectivity index (χ0v) is 14.5. The highest BCUT2D eigenvalue weighted by molar-refractivity contribution is 8.14. The van der Waals surface area contributed by atoms with Crippen LogP contribution in [0.25, 0.3) is 0 Å². The van der Waals surface area contributed by atoms with Crippen LogP contribution >= 0.6 is 11.8 Å². The van der Waals surface area contributed by atoms with E-state index in [1.54, 1.807) is 11.8 Å². The van der Waals surface area contributed by atoms with E-state index < -0.39 is 0 Å². The average molecular weight is 346 g/mol. The first-order valence-electron chi connectivity index (χ1n) is 8.73. The molecular formula is C18H22N2O3S. The van der Waals surface area contributed by atoms with Gasteiger partial charge in [-0.3, -0.25) is 14.7 Å². The van der Waals surface area contributed by atoms with Gasteiger partial charge in [-0.1, -0.05) is 31.0 Å². The van der Waals surface area contributed by atoms with Crippen molar-refractivity contribution in [3.05, 3.63) is 23.8 Å². The second kappa shape index (κ2) is 7.05. The standard InChI is InChI=1S/C18H22N2O3S/c21-17(13-6-7-15-16(12-13)23-10-9-22-15)20(18-19-8-11-24-18)14-4-2-1-3-5-14/h6-7,12,14H,1-5,8-11H2. The molecule has 4 rings (SSSR count). The number of nitrogens with zero attached hydrogens (tertiary/aromatic N) is 2. The van der Waals surface area contributed by atoms with Gasteiger partial charge in [-0.25, -0.2) is 0 Å². The van der Waals surface area contributed by atoms with Crippen LogP contribution in [0, 0.1) is 0 Å². The molecule has 0 spiro atoms. The second-order valence-electron chi connectivity index (χ2n) is 6.34. The molecule has 2 aliphatic heterocycles. The molecule has 0 unspecified atom stereocenters. The molecule has 0 N–H and O–H groups in total. The third-order valence-corrected chi connectivity index (χ3v) is 5.69. The SMILES string of the molecule is O=C(c1ccc2c(c1)OCCO2)N(C1=NCCS1)C1CCCCC1. The molecule has 128 valence electrons. The number of aliphatic imine (C=N–C) groups is 1. The van der Waals surface area contributed by atoms with E-state index >= 15 is 0 Å². The van der Waals surface area contributed by atoms with E-state index in [1.807, 2.05) is 23.1 Å². The topological polar surface area (TPSA) is 51.1 Å². The first-order chi connectivity index (χ1) is 11.8. The third kappa shape index (κ3) is 3.11. The fourth-order valence-corrected chi connectivity index (χ4v) is 4.45. The lowest BCUT2D eigenvalue weighted by Gasteiger charge is -2.34. The van der Waals surface area contributed by atoms with Crippen LogP contribution in [0.3, 0.4) is 0 Å². The van der Waals surface area contributed by atoms with E-state index in [-0.39, 0.29) is 11.9 Å². The quantitative estimate of drug-likeness (QED) is 0.824. The third-order valence-electron chi connectivity index (χ3n) is 4.72. The summed E-state index contributed by atoms with van der Waals surface area (Å²) in [7, 11) is 0. The lowest BCUT2D eigenvalue weighted by Crippen LogP contribution is -2.44. The number of benzene rings is 1. The van der Waals surface area contributed by atoms with Gasteiger partial charge in [0.05, 0.1) is 6.54 Å². The number of carbonyl (C=O) groups excluding carboxylic acids is 1. The molecule has 0 atom stereocenters. The van der Waals surface area contributed by atoms with Gasteiger partial charge >= 0.3 is 0 Å². The predicted molar refractivity (Wildman–Crippen MR) is 95.2 cm³/mol. The number of fused-ring (bicyclic) bond motifs is 1. The average Bonchev–Trinajstić information content (AvgIpc) is 3.16. The van der Waals surface area contributed by atoms with E-state index in [0.717, 1.165) is 36.1 Å². The molecule has 1 saturated carbocycles. The molecule has 0 aromatic heterocycles. The predicted octanol–water partition coefficient (Wildman–Crippen LogP) is 3.34.